The standard InChI is InChI=1S/C15H26N2O2/c1-11(2)16-8-15-12(3)7-14(19-15)10-17-5-6-18-13(4)9-17/h7,11,13,16H,5-6,8-10H2,1-4H3. The van der Waals surface area contributed by atoms with E-state index in [1.807, 2.05) is 0 Å². The Morgan fingerprint density at radius 3 is 2.95 bits per heavy atom. The fourth-order valence-corrected chi connectivity index (χ4v) is 2.40. The number of aryl methyl sites for hydroxylation is 1. The summed E-state index contributed by atoms with van der Waals surface area (Å²) in [6, 6.07) is 2.64. The zero-order valence-electron chi connectivity index (χ0n) is 12.5. The Balaban J connectivity index is 1.91. The molecule has 0 bridgehead atoms. The Labute approximate surface area is 116 Å². The highest BCUT2D eigenvalue weighted by Gasteiger charge is 2.18. The fraction of sp³-hybridized carbons (Fsp3) is 0.733. The molecular weight excluding hydrogens is 240 g/mol. The smallest absolute Gasteiger partial charge is 0.120 e. The van der Waals surface area contributed by atoms with Crippen LogP contribution in [0.3, 0.4) is 0 Å². The lowest BCUT2D eigenvalue weighted by atomic mass is 10.2. The first-order chi connectivity index (χ1) is 9.04. The molecule has 4 heteroatoms. The van der Waals surface area contributed by atoms with Gasteiger partial charge in [0.2, 0.25) is 0 Å². The van der Waals surface area contributed by atoms with Crippen molar-refractivity contribution in [1.29, 1.82) is 0 Å². The van der Waals surface area contributed by atoms with E-state index in [2.05, 4.69) is 44.0 Å². The van der Waals surface area contributed by atoms with Crippen LogP contribution >= 0.6 is 0 Å². The summed E-state index contributed by atoms with van der Waals surface area (Å²) in [6.07, 6.45) is 0.326. The van der Waals surface area contributed by atoms with Gasteiger partial charge in [-0.2, -0.15) is 0 Å². The van der Waals surface area contributed by atoms with Gasteiger partial charge >= 0.3 is 0 Å². The van der Waals surface area contributed by atoms with Crippen molar-refractivity contribution >= 4 is 0 Å². The van der Waals surface area contributed by atoms with Crippen LogP contribution in [-0.4, -0.2) is 36.7 Å². The fourth-order valence-electron chi connectivity index (χ4n) is 2.40. The summed E-state index contributed by atoms with van der Waals surface area (Å²) in [7, 11) is 0. The number of morpholine rings is 1. The average molecular weight is 266 g/mol. The lowest BCUT2D eigenvalue weighted by molar-refractivity contribution is -0.0231. The largest absolute Gasteiger partial charge is 0.463 e. The van der Waals surface area contributed by atoms with Crippen LogP contribution in [0.5, 0.6) is 0 Å². The Morgan fingerprint density at radius 1 is 1.47 bits per heavy atom. The van der Waals surface area contributed by atoms with Crippen molar-refractivity contribution in [3.05, 3.63) is 23.2 Å². The molecule has 1 aliphatic heterocycles. The molecule has 0 saturated carbocycles. The minimum atomic E-state index is 0.326. The summed E-state index contributed by atoms with van der Waals surface area (Å²) in [4.78, 5) is 2.39. The Kier molecular flexibility index (Phi) is 5.02. The Bertz CT molecular complexity index is 401. The quantitative estimate of drug-likeness (QED) is 0.887. The Hall–Kier alpha value is -0.840. The molecule has 1 atom stereocenters. The highest BCUT2D eigenvalue weighted by atomic mass is 16.5. The first-order valence-electron chi connectivity index (χ1n) is 7.20. The number of ether oxygens (including phenoxy) is 1. The summed E-state index contributed by atoms with van der Waals surface area (Å²) in [5, 5.41) is 3.40. The molecule has 0 aliphatic carbocycles. The molecule has 1 aliphatic rings. The van der Waals surface area contributed by atoms with Gasteiger partial charge in [0, 0.05) is 19.1 Å². The lowest BCUT2D eigenvalue weighted by Gasteiger charge is -2.30. The van der Waals surface area contributed by atoms with Crippen LogP contribution in [-0.2, 0) is 17.8 Å². The van der Waals surface area contributed by atoms with Crippen LogP contribution in [0.2, 0.25) is 0 Å². The summed E-state index contributed by atoms with van der Waals surface area (Å²) in [6.45, 7) is 13.0. The van der Waals surface area contributed by atoms with Crippen LogP contribution < -0.4 is 5.32 Å². The third-order valence-electron chi connectivity index (χ3n) is 3.45. The SMILES string of the molecule is Cc1cc(CN2CCOC(C)C2)oc1CNC(C)C. The molecule has 4 nitrogen and oxygen atoms in total. The van der Waals surface area contributed by atoms with E-state index in [1.165, 1.54) is 5.56 Å². The summed E-state index contributed by atoms with van der Waals surface area (Å²) >= 11 is 0. The molecular formula is C15H26N2O2. The highest BCUT2D eigenvalue weighted by molar-refractivity contribution is 5.20. The monoisotopic (exact) mass is 266 g/mol. The number of nitrogens with one attached hydrogen (secondary N) is 1. The van der Waals surface area contributed by atoms with Gasteiger partial charge in [0.25, 0.3) is 0 Å². The number of nitrogens with zero attached hydrogens (tertiary/aromatic N) is 1. The lowest BCUT2D eigenvalue weighted by Crippen LogP contribution is -2.40. The van der Waals surface area contributed by atoms with E-state index in [9.17, 15) is 0 Å². The maximum absolute atomic E-state index is 5.96. The molecule has 0 spiro atoms. The topological polar surface area (TPSA) is 37.6 Å². The van der Waals surface area contributed by atoms with E-state index in [1.54, 1.807) is 0 Å². The molecule has 0 radical (unpaired) electrons. The molecule has 108 valence electrons. The van der Waals surface area contributed by atoms with E-state index in [0.717, 1.165) is 44.3 Å². The van der Waals surface area contributed by atoms with Crippen LogP contribution in [0.25, 0.3) is 0 Å². The van der Waals surface area contributed by atoms with Crippen molar-refractivity contribution in [1.82, 2.24) is 10.2 Å². The van der Waals surface area contributed by atoms with Crippen LogP contribution in [0.4, 0.5) is 0 Å². The van der Waals surface area contributed by atoms with Crippen LogP contribution in [0.15, 0.2) is 10.5 Å². The number of furan rings is 1. The first-order valence-corrected chi connectivity index (χ1v) is 7.20. The highest BCUT2D eigenvalue weighted by Crippen LogP contribution is 2.17. The normalized spacial score (nSPS) is 21.2. The predicted molar refractivity (Wildman–Crippen MR) is 76.1 cm³/mol. The minimum absolute atomic E-state index is 0.326. The molecule has 0 amide bonds. The van der Waals surface area contributed by atoms with Gasteiger partial charge in [-0.3, -0.25) is 4.90 Å². The second kappa shape index (κ2) is 6.55. The third kappa shape index (κ3) is 4.34. The van der Waals surface area contributed by atoms with Gasteiger partial charge in [-0.05, 0) is 25.5 Å². The summed E-state index contributed by atoms with van der Waals surface area (Å²) in [5.41, 5.74) is 1.24. The van der Waals surface area contributed by atoms with E-state index in [0.29, 0.717) is 12.1 Å². The van der Waals surface area contributed by atoms with E-state index < -0.39 is 0 Å². The second-order valence-corrected chi connectivity index (χ2v) is 5.77. The molecule has 2 rings (SSSR count). The number of hydrogen-bond donors (Lipinski definition) is 1. The number of hydrogen-bond acceptors (Lipinski definition) is 4. The van der Waals surface area contributed by atoms with Gasteiger partial charge in [0.15, 0.2) is 0 Å². The molecule has 0 aromatic carbocycles. The molecule has 1 unspecified atom stereocenters. The van der Waals surface area contributed by atoms with Crippen molar-refractivity contribution in [2.24, 2.45) is 0 Å². The summed E-state index contributed by atoms with van der Waals surface area (Å²) in [5.74, 6) is 2.12. The molecule has 19 heavy (non-hydrogen) atoms. The predicted octanol–water partition coefficient (Wildman–Crippen LogP) is 2.31. The zero-order valence-corrected chi connectivity index (χ0v) is 12.5. The van der Waals surface area contributed by atoms with Crippen LogP contribution in [0, 0.1) is 6.92 Å². The molecule has 1 fully saturated rings. The molecule has 1 aromatic heterocycles. The third-order valence-corrected chi connectivity index (χ3v) is 3.45. The van der Waals surface area contributed by atoms with Crippen molar-refractivity contribution in [2.45, 2.75) is 52.9 Å². The zero-order chi connectivity index (χ0) is 13.8. The van der Waals surface area contributed by atoms with Gasteiger partial charge in [-0.15, -0.1) is 0 Å². The maximum Gasteiger partial charge on any atom is 0.120 e. The minimum Gasteiger partial charge on any atom is -0.463 e. The van der Waals surface area contributed by atoms with E-state index >= 15 is 0 Å². The number of rotatable bonds is 5. The van der Waals surface area contributed by atoms with E-state index in [-0.39, 0.29) is 0 Å². The molecule has 1 N–H and O–H groups in total. The van der Waals surface area contributed by atoms with Crippen molar-refractivity contribution in [3.63, 3.8) is 0 Å². The van der Waals surface area contributed by atoms with Gasteiger partial charge in [-0.25, -0.2) is 0 Å². The van der Waals surface area contributed by atoms with Gasteiger partial charge in [0.1, 0.15) is 11.5 Å². The molecule has 2 heterocycles. The average Bonchev–Trinajstić information content (AvgIpc) is 2.67. The first kappa shape index (κ1) is 14.6. The van der Waals surface area contributed by atoms with Crippen LogP contribution in [0.1, 0.15) is 37.9 Å². The van der Waals surface area contributed by atoms with Crippen molar-refractivity contribution in [3.8, 4) is 0 Å². The van der Waals surface area contributed by atoms with Gasteiger partial charge < -0.3 is 14.5 Å². The van der Waals surface area contributed by atoms with Gasteiger partial charge in [-0.1, -0.05) is 13.8 Å². The Morgan fingerprint density at radius 2 is 2.26 bits per heavy atom. The summed E-state index contributed by atoms with van der Waals surface area (Å²) < 4.78 is 11.5. The second-order valence-electron chi connectivity index (χ2n) is 5.77. The van der Waals surface area contributed by atoms with Gasteiger partial charge in [0.05, 0.1) is 25.8 Å². The van der Waals surface area contributed by atoms with Crippen molar-refractivity contribution < 1.29 is 9.15 Å². The maximum atomic E-state index is 5.96. The van der Waals surface area contributed by atoms with E-state index in [4.69, 9.17) is 9.15 Å². The molecule has 1 saturated heterocycles. The molecule has 1 aromatic rings. The van der Waals surface area contributed by atoms with Crippen molar-refractivity contribution in [2.75, 3.05) is 19.7 Å².